The van der Waals surface area contributed by atoms with Crippen LogP contribution in [0.4, 0.5) is 0 Å². The van der Waals surface area contributed by atoms with Gasteiger partial charge in [0.05, 0.1) is 3.57 Å². The van der Waals surface area contributed by atoms with Gasteiger partial charge in [0.15, 0.2) is 23.3 Å². The number of aromatic amines is 2. The zero-order chi connectivity index (χ0) is 26.2. The molecule has 3 aliphatic heterocycles. The van der Waals surface area contributed by atoms with Gasteiger partial charge in [0.1, 0.15) is 22.6 Å². The lowest BCUT2D eigenvalue weighted by atomic mass is 10.1. The normalized spacial score (nSPS) is 13.0. The molecule has 0 unspecified atom stereocenters. The highest BCUT2D eigenvalue weighted by Gasteiger charge is 2.22. The summed E-state index contributed by atoms with van der Waals surface area (Å²) in [5, 5.41) is 1.93. The van der Waals surface area contributed by atoms with Crippen LogP contribution in [0.3, 0.4) is 0 Å². The summed E-state index contributed by atoms with van der Waals surface area (Å²) in [7, 11) is 0. The van der Waals surface area contributed by atoms with Crippen molar-refractivity contribution in [2.45, 2.75) is 0 Å². The molecule has 0 saturated heterocycles. The molecule has 2 N–H and O–H groups in total. The van der Waals surface area contributed by atoms with Gasteiger partial charge in [-0.15, -0.1) is 0 Å². The van der Waals surface area contributed by atoms with Gasteiger partial charge in [0, 0.05) is 38.6 Å². The second-order valence-corrected chi connectivity index (χ2v) is 12.0. The number of aromatic nitrogens is 8. The van der Waals surface area contributed by atoms with E-state index in [0.717, 1.165) is 49.9 Å². The first kappa shape index (κ1) is 22.0. The van der Waals surface area contributed by atoms with Gasteiger partial charge in [-0.2, -0.15) is 0 Å². The van der Waals surface area contributed by atoms with Gasteiger partial charge in [-0.05, 0) is 10.1 Å². The van der Waals surface area contributed by atoms with Crippen LogP contribution < -0.4 is 0 Å². The molecule has 3 aliphatic rings. The van der Waals surface area contributed by atoms with Crippen molar-refractivity contribution in [3.8, 4) is 45.6 Å². The quantitative estimate of drug-likeness (QED) is 0.181. The Bertz CT molecular complexity index is 2140. The van der Waals surface area contributed by atoms with E-state index in [1.807, 2.05) is 72.8 Å². The smallest absolute Gasteiger partial charge is 0.164 e. The number of rotatable bonds is 0. The summed E-state index contributed by atoms with van der Waals surface area (Å²) in [4.78, 5) is 37.0. The van der Waals surface area contributed by atoms with Crippen molar-refractivity contribution < 1.29 is 0 Å². The van der Waals surface area contributed by atoms with E-state index >= 15 is 0 Å². The van der Waals surface area contributed by atoms with Crippen LogP contribution in [0.25, 0.3) is 85.0 Å². The summed E-state index contributed by atoms with van der Waals surface area (Å²) in [5.41, 5.74) is 7.77. The van der Waals surface area contributed by atoms with E-state index in [0.29, 0.717) is 34.6 Å². The van der Waals surface area contributed by atoms with Crippen molar-refractivity contribution in [2.75, 3.05) is 0 Å². The maximum atomic E-state index is 5.07. The highest BCUT2D eigenvalue weighted by molar-refractivity contribution is 14.2. The van der Waals surface area contributed by atoms with Gasteiger partial charge >= 0.3 is 0 Å². The van der Waals surface area contributed by atoms with Crippen molar-refractivity contribution in [3.05, 3.63) is 88.0 Å². The third kappa shape index (κ3) is 3.21. The molecule has 0 amide bonds. The summed E-state index contributed by atoms with van der Waals surface area (Å²) in [6.45, 7) is 0. The van der Waals surface area contributed by atoms with E-state index in [1.54, 1.807) is 0 Å². The third-order valence-electron chi connectivity index (χ3n) is 7.23. The molecule has 188 valence electrons. The molecule has 0 fully saturated rings. The highest BCUT2D eigenvalue weighted by Crippen LogP contribution is 2.37. The Labute approximate surface area is 236 Å². The molecule has 0 spiro atoms. The van der Waals surface area contributed by atoms with Crippen LogP contribution in [0.5, 0.6) is 0 Å². The molecule has 0 radical (unpaired) electrons. The van der Waals surface area contributed by atoms with Crippen LogP contribution in [0.1, 0.15) is 5.56 Å². The second-order valence-electron chi connectivity index (χ2n) is 9.57. The fourth-order valence-electron chi connectivity index (χ4n) is 5.40. The van der Waals surface area contributed by atoms with E-state index in [9.17, 15) is 0 Å². The van der Waals surface area contributed by atoms with Gasteiger partial charge in [-0.3, -0.25) is 0 Å². The average Bonchev–Trinajstić information content (AvgIpc) is 3.73. The van der Waals surface area contributed by atoms with E-state index in [4.69, 9.17) is 29.9 Å². The minimum absolute atomic E-state index is 0.386. The topological polar surface area (TPSA) is 109 Å². The number of nitrogens with zero attached hydrogens (tertiary/aromatic N) is 6. The SMILES string of the molecule is C1=Cc2c(c3nc4nc(nc5[nH]c(nc6nc(nc2[nH]3)-c2ccccc2-6)c2ccccc52)-c2ccccc2-4)I=C1. The minimum atomic E-state index is -0.386. The van der Waals surface area contributed by atoms with Crippen molar-refractivity contribution in [1.82, 2.24) is 39.9 Å². The lowest BCUT2D eigenvalue weighted by molar-refractivity contribution is 1.19. The molecule has 6 heterocycles. The predicted octanol–water partition coefficient (Wildman–Crippen LogP) is 6.69. The molecule has 9 heteroatoms. The zero-order valence-corrected chi connectivity index (χ0v) is 22.9. The molecule has 0 atom stereocenters. The molecule has 0 saturated carbocycles. The standard InChI is InChI=1S/C31H17IN8/c1-2-9-17-16(8-1)24-33-25(17)35-27-20-12-5-6-13-21(20)29(37-27)39-31-23-22(14-7-15-32-23)30(40-31)38-28-19-11-4-3-10-18(19)26(34-24)36-28/h1-15H,(H2,33,34,35,36,37,38,39,40). The van der Waals surface area contributed by atoms with Gasteiger partial charge in [-0.1, -0.05) is 99.6 Å². The van der Waals surface area contributed by atoms with Gasteiger partial charge < -0.3 is 9.97 Å². The van der Waals surface area contributed by atoms with Crippen molar-refractivity contribution in [3.63, 3.8) is 0 Å². The Morgan fingerprint density at radius 1 is 0.475 bits per heavy atom. The maximum absolute atomic E-state index is 5.07. The average molecular weight is 628 g/mol. The Hall–Kier alpha value is -4.90. The minimum Gasteiger partial charge on any atom is -0.324 e. The highest BCUT2D eigenvalue weighted by atomic mass is 127. The first-order valence-corrected chi connectivity index (χ1v) is 15.1. The van der Waals surface area contributed by atoms with E-state index in [-0.39, 0.29) is 20.7 Å². The largest absolute Gasteiger partial charge is 0.324 e. The molecule has 8 nitrogen and oxygen atoms in total. The summed E-state index contributed by atoms with van der Waals surface area (Å²) in [6, 6.07) is 24.3. The second kappa shape index (κ2) is 8.30. The lowest BCUT2D eigenvalue weighted by Gasteiger charge is -1.98. The molecule has 9 rings (SSSR count). The first-order valence-electron chi connectivity index (χ1n) is 12.8. The van der Waals surface area contributed by atoms with Crippen molar-refractivity contribution >= 4 is 64.2 Å². The van der Waals surface area contributed by atoms with Crippen LogP contribution in [-0.4, -0.2) is 43.9 Å². The number of benzene rings is 3. The molecule has 3 aromatic heterocycles. The Morgan fingerprint density at radius 3 is 1.48 bits per heavy atom. The molecule has 0 aliphatic carbocycles. The number of H-pyrrole nitrogens is 2. The molecule has 6 aromatic rings. The predicted molar refractivity (Wildman–Crippen MR) is 166 cm³/mol. The summed E-state index contributed by atoms with van der Waals surface area (Å²) in [6.07, 6.45) is 4.20. The fraction of sp³-hybridized carbons (Fsp3) is 0. The molecular formula is C31H17IN8. The van der Waals surface area contributed by atoms with Crippen LogP contribution in [0, 0.1) is 3.57 Å². The molecule has 40 heavy (non-hydrogen) atoms. The van der Waals surface area contributed by atoms with Crippen molar-refractivity contribution in [2.24, 2.45) is 0 Å². The van der Waals surface area contributed by atoms with Gasteiger partial charge in [0.25, 0.3) is 0 Å². The number of hydrogen-bond acceptors (Lipinski definition) is 6. The van der Waals surface area contributed by atoms with Crippen LogP contribution in [0.2, 0.25) is 0 Å². The Kier molecular flexibility index (Phi) is 4.56. The lowest BCUT2D eigenvalue weighted by Crippen LogP contribution is -1.85. The third-order valence-corrected chi connectivity index (χ3v) is 9.72. The van der Waals surface area contributed by atoms with Gasteiger partial charge in [0.2, 0.25) is 0 Å². The monoisotopic (exact) mass is 628 g/mol. The van der Waals surface area contributed by atoms with Crippen LogP contribution >= 0.6 is 20.7 Å². The van der Waals surface area contributed by atoms with Crippen LogP contribution in [-0.2, 0) is 0 Å². The molecule has 3 aromatic carbocycles. The molecule has 8 bridgehead atoms. The number of allylic oxidation sites excluding steroid dienone is 1. The number of halogens is 1. The fourth-order valence-corrected chi connectivity index (χ4v) is 7.49. The number of hydrogen-bond donors (Lipinski definition) is 2. The first-order chi connectivity index (χ1) is 19.8. The number of fused-ring (bicyclic) bond motifs is 20. The molecular weight excluding hydrogens is 611 g/mol. The van der Waals surface area contributed by atoms with Crippen molar-refractivity contribution in [1.29, 1.82) is 0 Å². The Balaban J connectivity index is 1.50. The van der Waals surface area contributed by atoms with E-state index in [2.05, 4.69) is 26.1 Å². The Morgan fingerprint density at radius 2 is 0.925 bits per heavy atom. The van der Waals surface area contributed by atoms with Crippen LogP contribution in [0.15, 0.2) is 78.9 Å². The zero-order valence-electron chi connectivity index (χ0n) is 20.7. The van der Waals surface area contributed by atoms with Gasteiger partial charge in [-0.25, -0.2) is 29.9 Å². The summed E-state index contributed by atoms with van der Waals surface area (Å²) >= 11 is -0.386. The summed E-state index contributed by atoms with van der Waals surface area (Å²) < 4.78 is 3.42. The number of nitrogens with one attached hydrogen (secondary N) is 2. The van der Waals surface area contributed by atoms with E-state index in [1.165, 1.54) is 3.57 Å². The summed E-state index contributed by atoms with van der Waals surface area (Å²) in [5.74, 6) is 2.49. The maximum Gasteiger partial charge on any atom is 0.164 e. The van der Waals surface area contributed by atoms with E-state index < -0.39 is 0 Å².